The highest BCUT2D eigenvalue weighted by Gasteiger charge is 2.17. The maximum Gasteiger partial charge on any atom is 0.331 e. The molecule has 0 aliphatic heterocycles. The molecular formula is C15H18N2O4. The van der Waals surface area contributed by atoms with Crippen molar-refractivity contribution < 1.29 is 19.1 Å². The number of allylic oxidation sites excluding steroid dienone is 1. The fourth-order valence-electron chi connectivity index (χ4n) is 1.38. The predicted molar refractivity (Wildman–Crippen MR) is 77.0 cm³/mol. The van der Waals surface area contributed by atoms with Gasteiger partial charge in [0.1, 0.15) is 0 Å². The van der Waals surface area contributed by atoms with Crippen molar-refractivity contribution in [2.45, 2.75) is 26.9 Å². The third-order valence-corrected chi connectivity index (χ3v) is 2.40. The summed E-state index contributed by atoms with van der Waals surface area (Å²) in [6.45, 7) is 4.90. The zero-order chi connectivity index (χ0) is 15.8. The van der Waals surface area contributed by atoms with Crippen LogP contribution in [0.1, 0.15) is 31.1 Å². The Morgan fingerprint density at radius 1 is 1.10 bits per heavy atom. The third kappa shape index (κ3) is 5.90. The lowest BCUT2D eigenvalue weighted by Crippen LogP contribution is -2.46. The normalized spacial score (nSPS) is 11.0. The molecule has 1 aromatic rings. The molecule has 1 atom stereocenters. The number of amides is 2. The van der Waals surface area contributed by atoms with E-state index in [2.05, 4.69) is 10.9 Å². The van der Waals surface area contributed by atoms with Crippen LogP contribution in [0.15, 0.2) is 42.0 Å². The number of hydrazine groups is 1. The molecule has 0 saturated heterocycles. The molecule has 0 aliphatic rings. The van der Waals surface area contributed by atoms with Gasteiger partial charge in [-0.3, -0.25) is 20.4 Å². The van der Waals surface area contributed by atoms with E-state index < -0.39 is 23.9 Å². The molecular weight excluding hydrogens is 272 g/mol. The number of esters is 1. The second kappa shape index (κ2) is 7.84. The minimum absolute atomic E-state index is 0.409. The molecule has 0 aromatic heterocycles. The van der Waals surface area contributed by atoms with E-state index in [1.165, 1.54) is 13.0 Å². The second-order valence-electron chi connectivity index (χ2n) is 4.61. The molecule has 6 heteroatoms. The molecule has 2 amide bonds. The average Bonchev–Trinajstić information content (AvgIpc) is 2.44. The van der Waals surface area contributed by atoms with Crippen molar-refractivity contribution in [3.63, 3.8) is 0 Å². The monoisotopic (exact) mass is 290 g/mol. The molecule has 6 nitrogen and oxygen atoms in total. The fraction of sp³-hybridized carbons (Fsp3) is 0.267. The van der Waals surface area contributed by atoms with E-state index in [4.69, 9.17) is 4.74 Å². The van der Waals surface area contributed by atoms with Gasteiger partial charge in [0.25, 0.3) is 11.8 Å². The van der Waals surface area contributed by atoms with Crippen LogP contribution in [0.4, 0.5) is 0 Å². The van der Waals surface area contributed by atoms with E-state index in [0.29, 0.717) is 5.56 Å². The van der Waals surface area contributed by atoms with Crippen LogP contribution in [0.2, 0.25) is 0 Å². The van der Waals surface area contributed by atoms with Gasteiger partial charge in [0, 0.05) is 11.6 Å². The maximum atomic E-state index is 11.7. The quantitative estimate of drug-likeness (QED) is 0.498. The highest BCUT2D eigenvalue weighted by molar-refractivity contribution is 5.96. The van der Waals surface area contributed by atoms with Crippen molar-refractivity contribution in [3.8, 4) is 0 Å². The molecule has 112 valence electrons. The number of rotatable bonds is 4. The van der Waals surface area contributed by atoms with Crippen molar-refractivity contribution in [3.05, 3.63) is 47.5 Å². The van der Waals surface area contributed by atoms with Gasteiger partial charge in [-0.25, -0.2) is 4.79 Å². The number of carbonyl (C=O) groups excluding carboxylic acids is 3. The van der Waals surface area contributed by atoms with Crippen molar-refractivity contribution in [2.75, 3.05) is 0 Å². The molecule has 21 heavy (non-hydrogen) atoms. The Labute approximate surface area is 123 Å². The zero-order valence-electron chi connectivity index (χ0n) is 12.2. The van der Waals surface area contributed by atoms with E-state index >= 15 is 0 Å². The van der Waals surface area contributed by atoms with Crippen molar-refractivity contribution in [1.82, 2.24) is 10.9 Å². The van der Waals surface area contributed by atoms with Gasteiger partial charge in [-0.2, -0.15) is 0 Å². The summed E-state index contributed by atoms with van der Waals surface area (Å²) in [5, 5.41) is 0. The highest BCUT2D eigenvalue weighted by Crippen LogP contribution is 1.98. The topological polar surface area (TPSA) is 84.5 Å². The number of benzene rings is 1. The minimum Gasteiger partial charge on any atom is -0.449 e. The summed E-state index contributed by atoms with van der Waals surface area (Å²) in [5.41, 5.74) is 5.63. The molecule has 0 bridgehead atoms. The van der Waals surface area contributed by atoms with Crippen LogP contribution >= 0.6 is 0 Å². The first-order chi connectivity index (χ1) is 9.90. The van der Waals surface area contributed by atoms with E-state index in [0.717, 1.165) is 5.57 Å². The Morgan fingerprint density at radius 2 is 1.71 bits per heavy atom. The highest BCUT2D eigenvalue weighted by atomic mass is 16.5. The van der Waals surface area contributed by atoms with Crippen LogP contribution < -0.4 is 10.9 Å². The molecule has 0 fully saturated rings. The van der Waals surface area contributed by atoms with Crippen LogP contribution in [-0.4, -0.2) is 23.9 Å². The van der Waals surface area contributed by atoms with Crippen LogP contribution in [0.5, 0.6) is 0 Å². The molecule has 2 N–H and O–H groups in total. The summed E-state index contributed by atoms with van der Waals surface area (Å²) in [6.07, 6.45) is 0.274. The van der Waals surface area contributed by atoms with Crippen molar-refractivity contribution in [2.24, 2.45) is 0 Å². The van der Waals surface area contributed by atoms with Crippen molar-refractivity contribution in [1.29, 1.82) is 0 Å². The third-order valence-electron chi connectivity index (χ3n) is 2.40. The molecule has 1 aromatic carbocycles. The second-order valence-corrected chi connectivity index (χ2v) is 4.61. The standard InChI is InChI=1S/C15H18N2O4/c1-10(2)9-13(18)21-11(3)14(19)16-17-15(20)12-7-5-4-6-8-12/h4-9,11H,1-3H3,(H,16,19)(H,17,20)/t11-/m1/s1. The van der Waals surface area contributed by atoms with E-state index in [-0.39, 0.29) is 0 Å². The van der Waals surface area contributed by atoms with Crippen molar-refractivity contribution >= 4 is 17.8 Å². The largest absolute Gasteiger partial charge is 0.449 e. The van der Waals surface area contributed by atoms with Gasteiger partial charge >= 0.3 is 5.97 Å². The first kappa shape index (κ1) is 16.4. The van der Waals surface area contributed by atoms with Gasteiger partial charge in [0.15, 0.2) is 6.10 Å². The lowest BCUT2D eigenvalue weighted by atomic mass is 10.2. The number of nitrogens with one attached hydrogen (secondary N) is 2. The maximum absolute atomic E-state index is 11.7. The van der Waals surface area contributed by atoms with Gasteiger partial charge < -0.3 is 4.74 Å². The summed E-state index contributed by atoms with van der Waals surface area (Å²) in [4.78, 5) is 34.7. The summed E-state index contributed by atoms with van der Waals surface area (Å²) in [7, 11) is 0. The summed E-state index contributed by atoms with van der Waals surface area (Å²) in [5.74, 6) is -1.67. The Kier molecular flexibility index (Phi) is 6.13. The van der Waals surface area contributed by atoms with Crippen LogP contribution in [0.3, 0.4) is 0 Å². The summed E-state index contributed by atoms with van der Waals surface area (Å²) >= 11 is 0. The van der Waals surface area contributed by atoms with Crippen LogP contribution in [-0.2, 0) is 14.3 Å². The molecule has 0 unspecified atom stereocenters. The van der Waals surface area contributed by atoms with Gasteiger partial charge in [0.2, 0.25) is 0 Å². The van der Waals surface area contributed by atoms with Gasteiger partial charge in [0.05, 0.1) is 0 Å². The minimum atomic E-state index is -1.01. The predicted octanol–water partition coefficient (Wildman–Crippen LogP) is 1.35. The molecule has 0 radical (unpaired) electrons. The zero-order valence-corrected chi connectivity index (χ0v) is 12.2. The molecule has 0 heterocycles. The molecule has 0 spiro atoms. The van der Waals surface area contributed by atoms with Gasteiger partial charge in [-0.15, -0.1) is 0 Å². The van der Waals surface area contributed by atoms with E-state index in [9.17, 15) is 14.4 Å². The fourth-order valence-corrected chi connectivity index (χ4v) is 1.38. The molecule has 0 aliphatic carbocycles. The summed E-state index contributed by atoms with van der Waals surface area (Å²) in [6, 6.07) is 8.42. The summed E-state index contributed by atoms with van der Waals surface area (Å²) < 4.78 is 4.88. The Morgan fingerprint density at radius 3 is 2.29 bits per heavy atom. The smallest absolute Gasteiger partial charge is 0.331 e. The Hall–Kier alpha value is -2.63. The average molecular weight is 290 g/mol. The van der Waals surface area contributed by atoms with E-state index in [1.807, 2.05) is 0 Å². The number of hydrogen-bond acceptors (Lipinski definition) is 4. The number of hydrogen-bond donors (Lipinski definition) is 2. The molecule has 1 rings (SSSR count). The SMILES string of the molecule is CC(C)=CC(=O)O[C@H](C)C(=O)NNC(=O)c1ccccc1. The van der Waals surface area contributed by atoms with Crippen LogP contribution in [0, 0.1) is 0 Å². The lowest BCUT2D eigenvalue weighted by molar-refractivity contribution is -0.150. The lowest BCUT2D eigenvalue weighted by Gasteiger charge is -2.13. The first-order valence-electron chi connectivity index (χ1n) is 6.41. The Bertz CT molecular complexity index is 548. The van der Waals surface area contributed by atoms with Gasteiger partial charge in [-0.1, -0.05) is 23.8 Å². The van der Waals surface area contributed by atoms with Crippen LogP contribution in [0.25, 0.3) is 0 Å². The first-order valence-corrected chi connectivity index (χ1v) is 6.41. The van der Waals surface area contributed by atoms with E-state index in [1.54, 1.807) is 44.2 Å². The Balaban J connectivity index is 2.45. The van der Waals surface area contributed by atoms with Gasteiger partial charge in [-0.05, 0) is 32.9 Å². The number of carbonyl (C=O) groups is 3. The molecule has 0 saturated carbocycles. The number of ether oxygens (including phenoxy) is 1.